The van der Waals surface area contributed by atoms with Gasteiger partial charge in [-0.25, -0.2) is 14.8 Å². The third-order valence-electron chi connectivity index (χ3n) is 3.52. The first kappa shape index (κ1) is 19.3. The standard InChI is InChI=1S/C18H13Cl2N3O3S/c1-10(26-17(25)12-6-4-8-21-15(12)20)16(24)23-18-22-14(9-27-18)11-5-2-3-7-13(11)19/h2-10H,1H3,(H,22,23,24). The number of aromatic nitrogens is 2. The van der Waals surface area contributed by atoms with Crippen LogP contribution in [0.25, 0.3) is 11.3 Å². The molecule has 1 unspecified atom stereocenters. The first-order chi connectivity index (χ1) is 13.0. The largest absolute Gasteiger partial charge is 0.449 e. The van der Waals surface area contributed by atoms with Gasteiger partial charge in [0.15, 0.2) is 11.2 Å². The van der Waals surface area contributed by atoms with Gasteiger partial charge in [-0.2, -0.15) is 0 Å². The number of thiazole rings is 1. The molecule has 0 aliphatic carbocycles. The number of halogens is 2. The zero-order chi connectivity index (χ0) is 19.4. The summed E-state index contributed by atoms with van der Waals surface area (Å²) in [6.07, 6.45) is 0.412. The fourth-order valence-corrected chi connectivity index (χ4v) is 3.29. The third kappa shape index (κ3) is 4.63. The van der Waals surface area contributed by atoms with Gasteiger partial charge in [0.05, 0.1) is 11.3 Å². The molecule has 1 N–H and O–H groups in total. The molecular formula is C18H13Cl2N3O3S. The number of carbonyl (C=O) groups is 2. The van der Waals surface area contributed by atoms with Gasteiger partial charge in [-0.1, -0.05) is 41.4 Å². The Kier molecular flexibility index (Phi) is 6.05. The zero-order valence-electron chi connectivity index (χ0n) is 14.0. The monoisotopic (exact) mass is 421 g/mol. The van der Waals surface area contributed by atoms with E-state index in [1.54, 1.807) is 17.5 Å². The van der Waals surface area contributed by atoms with E-state index >= 15 is 0 Å². The molecule has 0 aliphatic rings. The predicted molar refractivity (Wildman–Crippen MR) is 105 cm³/mol. The van der Waals surface area contributed by atoms with E-state index in [-0.39, 0.29) is 10.7 Å². The van der Waals surface area contributed by atoms with Crippen LogP contribution in [0.4, 0.5) is 5.13 Å². The maximum atomic E-state index is 12.3. The predicted octanol–water partition coefficient (Wildman–Crippen LogP) is 4.70. The second kappa shape index (κ2) is 8.47. The molecule has 1 atom stereocenters. The van der Waals surface area contributed by atoms with Crippen molar-refractivity contribution in [1.29, 1.82) is 0 Å². The lowest BCUT2D eigenvalue weighted by Gasteiger charge is -2.12. The average Bonchev–Trinajstić information content (AvgIpc) is 3.10. The van der Waals surface area contributed by atoms with Gasteiger partial charge >= 0.3 is 5.97 Å². The van der Waals surface area contributed by atoms with Crippen LogP contribution in [0.2, 0.25) is 10.2 Å². The second-order valence-electron chi connectivity index (χ2n) is 5.40. The number of anilines is 1. The normalized spacial score (nSPS) is 11.7. The summed E-state index contributed by atoms with van der Waals surface area (Å²) in [5.41, 5.74) is 1.50. The molecule has 1 amide bonds. The van der Waals surface area contributed by atoms with E-state index in [4.69, 9.17) is 27.9 Å². The molecule has 6 nitrogen and oxygen atoms in total. The van der Waals surface area contributed by atoms with Crippen molar-refractivity contribution >= 4 is 51.5 Å². The number of esters is 1. The molecule has 2 heterocycles. The first-order valence-electron chi connectivity index (χ1n) is 7.78. The van der Waals surface area contributed by atoms with Crippen LogP contribution in [0.15, 0.2) is 48.0 Å². The SMILES string of the molecule is CC(OC(=O)c1cccnc1Cl)C(=O)Nc1nc(-c2ccccc2Cl)cs1. The lowest BCUT2D eigenvalue weighted by molar-refractivity contribution is -0.123. The first-order valence-corrected chi connectivity index (χ1v) is 9.42. The minimum atomic E-state index is -1.04. The Morgan fingerprint density at radius 1 is 1.19 bits per heavy atom. The number of nitrogens with one attached hydrogen (secondary N) is 1. The Hall–Kier alpha value is -2.48. The van der Waals surface area contributed by atoms with Crippen LogP contribution in [-0.4, -0.2) is 27.9 Å². The molecule has 2 aromatic heterocycles. The fourth-order valence-electron chi connectivity index (χ4n) is 2.15. The number of hydrogen-bond acceptors (Lipinski definition) is 6. The minimum absolute atomic E-state index is 0.0133. The molecule has 0 bridgehead atoms. The summed E-state index contributed by atoms with van der Waals surface area (Å²) < 4.78 is 5.14. The van der Waals surface area contributed by atoms with Crippen LogP contribution in [0, 0.1) is 0 Å². The molecule has 27 heavy (non-hydrogen) atoms. The number of ether oxygens (including phenoxy) is 1. The summed E-state index contributed by atoms with van der Waals surface area (Å²) >= 11 is 13.3. The van der Waals surface area contributed by atoms with E-state index in [0.29, 0.717) is 15.8 Å². The van der Waals surface area contributed by atoms with Crippen LogP contribution >= 0.6 is 34.5 Å². The molecule has 0 radical (unpaired) electrons. The van der Waals surface area contributed by atoms with E-state index in [2.05, 4.69) is 15.3 Å². The van der Waals surface area contributed by atoms with E-state index in [1.807, 2.05) is 18.2 Å². The van der Waals surface area contributed by atoms with E-state index in [0.717, 1.165) is 5.56 Å². The summed E-state index contributed by atoms with van der Waals surface area (Å²) in [7, 11) is 0. The minimum Gasteiger partial charge on any atom is -0.449 e. The number of carbonyl (C=O) groups excluding carboxylic acids is 2. The van der Waals surface area contributed by atoms with Crippen molar-refractivity contribution in [2.75, 3.05) is 5.32 Å². The van der Waals surface area contributed by atoms with Gasteiger partial charge in [-0.05, 0) is 25.1 Å². The van der Waals surface area contributed by atoms with Crippen molar-refractivity contribution in [3.8, 4) is 11.3 Å². The number of nitrogens with zero attached hydrogens (tertiary/aromatic N) is 2. The van der Waals surface area contributed by atoms with Crippen LogP contribution in [0.3, 0.4) is 0 Å². The van der Waals surface area contributed by atoms with Gasteiger partial charge in [-0.3, -0.25) is 10.1 Å². The van der Waals surface area contributed by atoms with Crippen molar-refractivity contribution in [2.24, 2.45) is 0 Å². The highest BCUT2D eigenvalue weighted by Crippen LogP contribution is 2.30. The average molecular weight is 422 g/mol. The molecule has 3 aromatic rings. The fraction of sp³-hybridized carbons (Fsp3) is 0.111. The molecule has 0 saturated carbocycles. The Morgan fingerprint density at radius 2 is 1.96 bits per heavy atom. The number of pyridine rings is 1. The van der Waals surface area contributed by atoms with Crippen molar-refractivity contribution in [1.82, 2.24) is 9.97 Å². The Bertz CT molecular complexity index is 993. The van der Waals surface area contributed by atoms with Crippen molar-refractivity contribution < 1.29 is 14.3 Å². The lowest BCUT2D eigenvalue weighted by atomic mass is 10.2. The molecule has 138 valence electrons. The highest BCUT2D eigenvalue weighted by molar-refractivity contribution is 7.14. The highest BCUT2D eigenvalue weighted by Gasteiger charge is 2.22. The number of amides is 1. The van der Waals surface area contributed by atoms with E-state index in [9.17, 15) is 9.59 Å². The van der Waals surface area contributed by atoms with Crippen LogP contribution < -0.4 is 5.32 Å². The summed E-state index contributed by atoms with van der Waals surface area (Å²) in [5, 5.41) is 5.35. The van der Waals surface area contributed by atoms with Gasteiger partial charge in [0.2, 0.25) is 0 Å². The lowest BCUT2D eigenvalue weighted by Crippen LogP contribution is -2.30. The maximum Gasteiger partial charge on any atom is 0.342 e. The number of rotatable bonds is 5. The van der Waals surface area contributed by atoms with Crippen LogP contribution in [-0.2, 0) is 9.53 Å². The van der Waals surface area contributed by atoms with E-state index < -0.39 is 18.0 Å². The third-order valence-corrected chi connectivity index (χ3v) is 4.90. The molecule has 1 aromatic carbocycles. The molecular weight excluding hydrogens is 409 g/mol. The summed E-state index contributed by atoms with van der Waals surface area (Å²) in [4.78, 5) is 32.5. The van der Waals surface area contributed by atoms with Crippen LogP contribution in [0.5, 0.6) is 0 Å². The second-order valence-corrected chi connectivity index (χ2v) is 7.02. The Labute approximate surface area is 169 Å². The van der Waals surface area contributed by atoms with Crippen LogP contribution in [0.1, 0.15) is 17.3 Å². The molecule has 0 aliphatic heterocycles. The topological polar surface area (TPSA) is 81.2 Å². The van der Waals surface area contributed by atoms with E-state index in [1.165, 1.54) is 30.5 Å². The van der Waals surface area contributed by atoms with Gasteiger partial charge < -0.3 is 4.74 Å². The quantitative estimate of drug-likeness (QED) is 0.476. The maximum absolute atomic E-state index is 12.3. The van der Waals surface area contributed by atoms with Gasteiger partial charge in [0.25, 0.3) is 5.91 Å². The molecule has 3 rings (SSSR count). The number of benzene rings is 1. The molecule has 0 spiro atoms. The highest BCUT2D eigenvalue weighted by atomic mass is 35.5. The molecule has 0 saturated heterocycles. The van der Waals surface area contributed by atoms with Gasteiger partial charge in [0.1, 0.15) is 5.15 Å². The number of hydrogen-bond donors (Lipinski definition) is 1. The smallest absolute Gasteiger partial charge is 0.342 e. The summed E-state index contributed by atoms with van der Waals surface area (Å²) in [5.74, 6) is -1.24. The zero-order valence-corrected chi connectivity index (χ0v) is 16.3. The molecule has 9 heteroatoms. The van der Waals surface area contributed by atoms with Crippen molar-refractivity contribution in [3.05, 3.63) is 63.7 Å². The Balaban J connectivity index is 1.64. The molecule has 0 fully saturated rings. The van der Waals surface area contributed by atoms with Gasteiger partial charge in [0, 0.05) is 22.2 Å². The van der Waals surface area contributed by atoms with Crippen molar-refractivity contribution in [2.45, 2.75) is 13.0 Å². The van der Waals surface area contributed by atoms with Crippen molar-refractivity contribution in [3.63, 3.8) is 0 Å². The van der Waals surface area contributed by atoms with Gasteiger partial charge in [-0.15, -0.1) is 11.3 Å². The Morgan fingerprint density at radius 3 is 2.70 bits per heavy atom. The summed E-state index contributed by atoms with van der Waals surface area (Å²) in [6, 6.07) is 10.3. The summed E-state index contributed by atoms with van der Waals surface area (Å²) in [6.45, 7) is 1.46.